The van der Waals surface area contributed by atoms with E-state index >= 15 is 0 Å². The third-order valence-corrected chi connectivity index (χ3v) is 7.45. The van der Waals surface area contributed by atoms with E-state index in [2.05, 4.69) is 45.5 Å². The molecule has 0 unspecified atom stereocenters. The van der Waals surface area contributed by atoms with Crippen molar-refractivity contribution < 1.29 is 4.79 Å². The van der Waals surface area contributed by atoms with Gasteiger partial charge in [0.05, 0.1) is 6.04 Å². The Hall–Kier alpha value is -1.81. The number of likely N-dealkylation sites (tertiary alicyclic amines) is 1. The molecule has 3 fully saturated rings. The smallest absolute Gasteiger partial charge is 0.317 e. The number of piperidine rings is 3. The van der Waals surface area contributed by atoms with E-state index in [9.17, 15) is 4.79 Å². The highest BCUT2D eigenvalue weighted by atomic mass is 16.2. The van der Waals surface area contributed by atoms with Crippen LogP contribution in [0.3, 0.4) is 0 Å². The predicted octanol–water partition coefficient (Wildman–Crippen LogP) is 3.83. The molecule has 0 radical (unpaired) electrons. The second-order valence-electron chi connectivity index (χ2n) is 9.17. The molecule has 2 bridgehead atoms. The molecule has 2 amide bonds. The van der Waals surface area contributed by atoms with Crippen molar-refractivity contribution >= 4 is 6.03 Å². The van der Waals surface area contributed by atoms with Crippen molar-refractivity contribution in [1.29, 1.82) is 0 Å². The van der Waals surface area contributed by atoms with E-state index in [-0.39, 0.29) is 6.03 Å². The molecular weight excluding hydrogens is 346 g/mol. The van der Waals surface area contributed by atoms with Gasteiger partial charge in [0, 0.05) is 25.7 Å². The first-order chi connectivity index (χ1) is 13.8. The third kappa shape index (κ3) is 3.47. The standard InChI is InChI=1S/C24H33N3O/c28-24(25-12-11-18-7-2-1-3-8-18)27-14-6-9-19-15-20-16-21(23(19)27)17-26-13-5-4-10-22(20)26/h1-3,7-8,15,20-23H,4-6,9-14,16-17H2,(H,25,28)/t20-,21-,22+,23+/m1/s1. The average Bonchev–Trinajstić information content (AvgIpc) is 2.74. The van der Waals surface area contributed by atoms with Crippen LogP contribution in [0.1, 0.15) is 44.1 Å². The van der Waals surface area contributed by atoms with E-state index in [1.54, 1.807) is 5.57 Å². The topological polar surface area (TPSA) is 35.6 Å². The molecule has 1 aromatic carbocycles. The van der Waals surface area contributed by atoms with Crippen LogP contribution in [0.5, 0.6) is 0 Å². The number of rotatable bonds is 3. The highest BCUT2D eigenvalue weighted by Crippen LogP contribution is 2.44. The zero-order valence-corrected chi connectivity index (χ0v) is 16.9. The molecule has 3 heterocycles. The van der Waals surface area contributed by atoms with Crippen LogP contribution in [0, 0.1) is 11.8 Å². The molecule has 1 aliphatic carbocycles. The SMILES string of the molecule is O=C(NCCc1ccccc1)N1CCCC2=C[C@@H]3C[C@H](CN4CCCC[C@@H]34)[C@H]21. The Morgan fingerprint density at radius 2 is 2.00 bits per heavy atom. The quantitative estimate of drug-likeness (QED) is 0.810. The Labute approximate surface area is 169 Å². The summed E-state index contributed by atoms with van der Waals surface area (Å²) in [4.78, 5) is 18.0. The normalized spacial score (nSPS) is 32.1. The highest BCUT2D eigenvalue weighted by Gasteiger charge is 2.46. The minimum atomic E-state index is 0.144. The Kier molecular flexibility index (Phi) is 5.15. The van der Waals surface area contributed by atoms with Crippen molar-refractivity contribution in [2.45, 2.75) is 57.0 Å². The lowest BCUT2D eigenvalue weighted by molar-refractivity contribution is 0.00793. The van der Waals surface area contributed by atoms with Gasteiger partial charge in [-0.2, -0.15) is 0 Å². The zero-order valence-electron chi connectivity index (χ0n) is 16.9. The van der Waals surface area contributed by atoms with Gasteiger partial charge >= 0.3 is 6.03 Å². The number of hydrogen-bond donors (Lipinski definition) is 1. The molecule has 5 rings (SSSR count). The molecule has 1 aromatic rings. The van der Waals surface area contributed by atoms with E-state index in [0.717, 1.165) is 31.3 Å². The number of carbonyl (C=O) groups excluding carboxylic acids is 1. The molecule has 4 heteroatoms. The van der Waals surface area contributed by atoms with Crippen LogP contribution < -0.4 is 5.32 Å². The number of amides is 2. The first kappa shape index (κ1) is 18.2. The van der Waals surface area contributed by atoms with Crippen molar-refractivity contribution in [3.05, 3.63) is 47.5 Å². The lowest BCUT2D eigenvalue weighted by Crippen LogP contribution is -2.61. The monoisotopic (exact) mass is 379 g/mol. The number of urea groups is 1. The molecule has 4 aliphatic rings. The minimum absolute atomic E-state index is 0.144. The second kappa shape index (κ2) is 7.90. The van der Waals surface area contributed by atoms with Gasteiger partial charge in [-0.1, -0.05) is 48.4 Å². The Morgan fingerprint density at radius 3 is 2.89 bits per heavy atom. The number of nitrogens with zero attached hydrogens (tertiary/aromatic N) is 2. The Balaban J connectivity index is 1.27. The fourth-order valence-electron chi connectivity index (χ4n) is 6.26. The molecular formula is C24H33N3O. The van der Waals surface area contributed by atoms with E-state index in [1.807, 2.05) is 6.07 Å². The van der Waals surface area contributed by atoms with Gasteiger partial charge in [-0.05, 0) is 62.5 Å². The summed E-state index contributed by atoms with van der Waals surface area (Å²) in [7, 11) is 0. The van der Waals surface area contributed by atoms with Crippen LogP contribution >= 0.6 is 0 Å². The summed E-state index contributed by atoms with van der Waals surface area (Å²) in [6.45, 7) is 4.07. The molecule has 3 aliphatic heterocycles. The van der Waals surface area contributed by atoms with Crippen molar-refractivity contribution in [3.63, 3.8) is 0 Å². The summed E-state index contributed by atoms with van der Waals surface area (Å²) in [5, 5.41) is 3.21. The summed E-state index contributed by atoms with van der Waals surface area (Å²) < 4.78 is 0. The van der Waals surface area contributed by atoms with Crippen molar-refractivity contribution in [1.82, 2.24) is 15.1 Å². The van der Waals surface area contributed by atoms with E-state index in [1.165, 1.54) is 50.8 Å². The maximum Gasteiger partial charge on any atom is 0.317 e. The molecule has 1 N–H and O–H groups in total. The molecule has 0 aromatic heterocycles. The summed E-state index contributed by atoms with van der Waals surface area (Å²) in [5.41, 5.74) is 2.85. The fourth-order valence-corrected chi connectivity index (χ4v) is 6.26. The molecule has 3 saturated heterocycles. The average molecular weight is 380 g/mol. The van der Waals surface area contributed by atoms with E-state index < -0.39 is 0 Å². The van der Waals surface area contributed by atoms with Gasteiger partial charge in [0.25, 0.3) is 0 Å². The number of hydrogen-bond acceptors (Lipinski definition) is 2. The van der Waals surface area contributed by atoms with Crippen molar-refractivity contribution in [2.24, 2.45) is 11.8 Å². The van der Waals surface area contributed by atoms with Crippen LogP contribution in [0.4, 0.5) is 4.79 Å². The first-order valence-corrected chi connectivity index (χ1v) is 11.3. The summed E-state index contributed by atoms with van der Waals surface area (Å²) >= 11 is 0. The number of carbonyl (C=O) groups is 1. The van der Waals surface area contributed by atoms with Crippen LogP contribution in [0.2, 0.25) is 0 Å². The Morgan fingerprint density at radius 1 is 1.11 bits per heavy atom. The van der Waals surface area contributed by atoms with Gasteiger partial charge in [-0.25, -0.2) is 4.79 Å². The first-order valence-electron chi connectivity index (χ1n) is 11.3. The summed E-state index contributed by atoms with van der Waals surface area (Å²) in [5.74, 6) is 1.35. The summed E-state index contributed by atoms with van der Waals surface area (Å²) in [6, 6.07) is 11.7. The predicted molar refractivity (Wildman–Crippen MR) is 112 cm³/mol. The van der Waals surface area contributed by atoms with Gasteiger partial charge in [-0.15, -0.1) is 0 Å². The lowest BCUT2D eigenvalue weighted by Gasteiger charge is -2.54. The van der Waals surface area contributed by atoms with Gasteiger partial charge in [0.1, 0.15) is 0 Å². The maximum atomic E-state index is 13.1. The minimum Gasteiger partial charge on any atom is -0.338 e. The molecule has 4 atom stereocenters. The number of benzene rings is 1. The van der Waals surface area contributed by atoms with E-state index in [4.69, 9.17) is 0 Å². The van der Waals surface area contributed by atoms with Gasteiger partial charge in [-0.3, -0.25) is 4.90 Å². The van der Waals surface area contributed by atoms with Crippen LogP contribution in [-0.4, -0.2) is 54.1 Å². The number of nitrogens with one attached hydrogen (secondary N) is 1. The van der Waals surface area contributed by atoms with Crippen molar-refractivity contribution in [2.75, 3.05) is 26.2 Å². The van der Waals surface area contributed by atoms with Crippen LogP contribution in [0.15, 0.2) is 42.0 Å². The maximum absolute atomic E-state index is 13.1. The molecule has 4 nitrogen and oxygen atoms in total. The lowest BCUT2D eigenvalue weighted by atomic mass is 9.68. The molecule has 0 saturated carbocycles. The highest BCUT2D eigenvalue weighted by molar-refractivity contribution is 5.75. The van der Waals surface area contributed by atoms with E-state index in [0.29, 0.717) is 18.5 Å². The molecule has 28 heavy (non-hydrogen) atoms. The van der Waals surface area contributed by atoms with Gasteiger partial charge in [0.2, 0.25) is 0 Å². The summed E-state index contributed by atoms with van der Waals surface area (Å²) in [6.07, 6.45) is 11.2. The third-order valence-electron chi connectivity index (χ3n) is 7.45. The van der Waals surface area contributed by atoms with Crippen LogP contribution in [0.25, 0.3) is 0 Å². The zero-order chi connectivity index (χ0) is 18.9. The van der Waals surface area contributed by atoms with Gasteiger partial charge in [0.15, 0.2) is 0 Å². The number of fused-ring (bicyclic) bond motifs is 6. The fraction of sp³-hybridized carbons (Fsp3) is 0.625. The molecule has 150 valence electrons. The van der Waals surface area contributed by atoms with Gasteiger partial charge < -0.3 is 10.2 Å². The molecule has 0 spiro atoms. The van der Waals surface area contributed by atoms with Crippen molar-refractivity contribution in [3.8, 4) is 0 Å². The largest absolute Gasteiger partial charge is 0.338 e. The second-order valence-corrected chi connectivity index (χ2v) is 9.17. The van der Waals surface area contributed by atoms with Crippen LogP contribution in [-0.2, 0) is 6.42 Å². The Bertz CT molecular complexity index is 731.